The van der Waals surface area contributed by atoms with E-state index in [1.807, 2.05) is 0 Å². The first-order valence-electron chi connectivity index (χ1n) is 10.3. The number of benzene rings is 2. The highest BCUT2D eigenvalue weighted by molar-refractivity contribution is 5.79. The van der Waals surface area contributed by atoms with E-state index in [1.54, 1.807) is 0 Å². The van der Waals surface area contributed by atoms with E-state index in [0.717, 1.165) is 38.5 Å². The van der Waals surface area contributed by atoms with Crippen LogP contribution in [0.3, 0.4) is 0 Å². The van der Waals surface area contributed by atoms with Crippen LogP contribution in [-0.2, 0) is 11.3 Å². The Morgan fingerprint density at radius 3 is 2.63 bits per heavy atom. The highest BCUT2D eigenvalue weighted by Gasteiger charge is 2.33. The second-order valence-corrected chi connectivity index (χ2v) is 8.41. The third kappa shape index (κ3) is 4.98. The summed E-state index contributed by atoms with van der Waals surface area (Å²) in [6, 6.07) is 19.4. The van der Waals surface area contributed by atoms with Crippen molar-refractivity contribution >= 4 is 5.91 Å². The van der Waals surface area contributed by atoms with E-state index in [2.05, 4.69) is 71.7 Å². The maximum atomic E-state index is 12.8. The molecule has 0 aromatic heterocycles. The molecule has 3 nitrogen and oxygen atoms in total. The predicted octanol–water partition coefficient (Wildman–Crippen LogP) is 4.13. The lowest BCUT2D eigenvalue weighted by atomic mass is 9.83. The molecule has 2 aromatic carbocycles. The Labute approximate surface area is 162 Å². The second-order valence-electron chi connectivity index (χ2n) is 8.41. The molecule has 0 bridgehead atoms. The van der Waals surface area contributed by atoms with Crippen LogP contribution in [0, 0.1) is 18.8 Å². The summed E-state index contributed by atoms with van der Waals surface area (Å²) >= 11 is 0. The van der Waals surface area contributed by atoms with E-state index in [1.165, 1.54) is 29.5 Å². The largest absolute Gasteiger partial charge is 0.356 e. The van der Waals surface area contributed by atoms with Crippen molar-refractivity contribution in [1.29, 1.82) is 0 Å². The molecule has 0 unspecified atom stereocenters. The molecular weight excluding hydrogens is 332 g/mol. The molecule has 1 amide bonds. The summed E-state index contributed by atoms with van der Waals surface area (Å²) in [7, 11) is 0. The molecule has 1 N–H and O–H groups in total. The fraction of sp³-hybridized carbons (Fsp3) is 0.458. The van der Waals surface area contributed by atoms with E-state index >= 15 is 0 Å². The highest BCUT2D eigenvalue weighted by atomic mass is 16.1. The molecule has 2 fully saturated rings. The van der Waals surface area contributed by atoms with Gasteiger partial charge in [0.2, 0.25) is 5.91 Å². The van der Waals surface area contributed by atoms with Gasteiger partial charge in [-0.2, -0.15) is 0 Å². The van der Waals surface area contributed by atoms with Gasteiger partial charge in [0.05, 0.1) is 5.92 Å². The fourth-order valence-corrected chi connectivity index (χ4v) is 4.23. The van der Waals surface area contributed by atoms with Crippen molar-refractivity contribution < 1.29 is 4.79 Å². The van der Waals surface area contributed by atoms with Crippen LogP contribution in [0.1, 0.15) is 41.9 Å². The summed E-state index contributed by atoms with van der Waals surface area (Å²) in [6.45, 7) is 5.80. The van der Waals surface area contributed by atoms with Gasteiger partial charge in [-0.15, -0.1) is 0 Å². The quantitative estimate of drug-likeness (QED) is 0.838. The SMILES string of the molecule is Cc1cccc([C@@H]2C[C@H](C(=O)NCC3CC3)CN(Cc3ccccc3)C2)c1. The smallest absolute Gasteiger partial charge is 0.224 e. The molecule has 1 aliphatic carbocycles. The Bertz CT molecular complexity index is 769. The van der Waals surface area contributed by atoms with Crippen molar-refractivity contribution in [2.45, 2.75) is 38.6 Å². The molecule has 2 aromatic rings. The Kier molecular flexibility index (Phi) is 5.58. The zero-order chi connectivity index (χ0) is 18.6. The maximum Gasteiger partial charge on any atom is 0.224 e. The second kappa shape index (κ2) is 8.26. The number of hydrogen-bond donors (Lipinski definition) is 1. The molecule has 4 rings (SSSR count). The Morgan fingerprint density at radius 1 is 1.07 bits per heavy atom. The van der Waals surface area contributed by atoms with E-state index in [4.69, 9.17) is 0 Å². The number of piperidine rings is 1. The van der Waals surface area contributed by atoms with Gasteiger partial charge in [0.15, 0.2) is 0 Å². The summed E-state index contributed by atoms with van der Waals surface area (Å²) in [5, 5.41) is 3.22. The van der Waals surface area contributed by atoms with Crippen LogP contribution in [0.15, 0.2) is 54.6 Å². The van der Waals surface area contributed by atoms with Crippen LogP contribution < -0.4 is 5.32 Å². The molecule has 27 heavy (non-hydrogen) atoms. The number of amides is 1. The number of hydrogen-bond acceptors (Lipinski definition) is 2. The van der Waals surface area contributed by atoms with E-state index in [-0.39, 0.29) is 11.8 Å². The predicted molar refractivity (Wildman–Crippen MR) is 109 cm³/mol. The van der Waals surface area contributed by atoms with E-state index in [9.17, 15) is 4.79 Å². The summed E-state index contributed by atoms with van der Waals surface area (Å²) in [6.07, 6.45) is 3.50. The summed E-state index contributed by atoms with van der Waals surface area (Å²) < 4.78 is 0. The zero-order valence-corrected chi connectivity index (χ0v) is 16.2. The van der Waals surface area contributed by atoms with Crippen molar-refractivity contribution in [2.75, 3.05) is 19.6 Å². The minimum atomic E-state index is 0.0757. The molecule has 0 spiro atoms. The molecule has 142 valence electrons. The normalized spacial score (nSPS) is 23.1. The van der Waals surface area contributed by atoms with Gasteiger partial charge >= 0.3 is 0 Å². The molecule has 2 atom stereocenters. The number of carbonyl (C=O) groups is 1. The Hall–Kier alpha value is -2.13. The lowest BCUT2D eigenvalue weighted by Crippen LogP contribution is -2.45. The average molecular weight is 363 g/mol. The van der Waals surface area contributed by atoms with Gasteiger partial charge in [-0.3, -0.25) is 9.69 Å². The average Bonchev–Trinajstić information content (AvgIpc) is 3.51. The van der Waals surface area contributed by atoms with Crippen molar-refractivity contribution in [3.8, 4) is 0 Å². The third-order valence-corrected chi connectivity index (χ3v) is 5.92. The zero-order valence-electron chi connectivity index (χ0n) is 16.2. The topological polar surface area (TPSA) is 32.3 Å². The Balaban J connectivity index is 1.49. The minimum absolute atomic E-state index is 0.0757. The maximum absolute atomic E-state index is 12.8. The fourth-order valence-electron chi connectivity index (χ4n) is 4.23. The number of aryl methyl sites for hydroxylation is 1. The van der Waals surface area contributed by atoms with Gasteiger partial charge in [0, 0.05) is 26.2 Å². The van der Waals surface area contributed by atoms with Gasteiger partial charge in [-0.25, -0.2) is 0 Å². The number of nitrogens with one attached hydrogen (secondary N) is 1. The van der Waals surface area contributed by atoms with Crippen molar-refractivity contribution in [1.82, 2.24) is 10.2 Å². The highest BCUT2D eigenvalue weighted by Crippen LogP contribution is 2.32. The van der Waals surface area contributed by atoms with Crippen LogP contribution >= 0.6 is 0 Å². The minimum Gasteiger partial charge on any atom is -0.356 e. The van der Waals surface area contributed by atoms with Crippen molar-refractivity contribution in [3.05, 3.63) is 71.3 Å². The van der Waals surface area contributed by atoms with E-state index < -0.39 is 0 Å². The van der Waals surface area contributed by atoms with Crippen LogP contribution in [0.4, 0.5) is 0 Å². The Morgan fingerprint density at radius 2 is 1.89 bits per heavy atom. The monoisotopic (exact) mass is 362 g/mol. The standard InChI is InChI=1S/C24H30N2O/c1-18-6-5-9-21(12-18)22-13-23(24(27)25-14-19-10-11-19)17-26(16-22)15-20-7-3-2-4-8-20/h2-9,12,19,22-23H,10-11,13-17H2,1H3,(H,25,27)/t22-,23+/m1/s1. The van der Waals surface area contributed by atoms with Gasteiger partial charge in [0.1, 0.15) is 0 Å². The van der Waals surface area contributed by atoms with Crippen LogP contribution in [0.5, 0.6) is 0 Å². The summed E-state index contributed by atoms with van der Waals surface area (Å²) in [4.78, 5) is 15.3. The van der Waals surface area contributed by atoms with Gasteiger partial charge in [-0.1, -0.05) is 60.2 Å². The van der Waals surface area contributed by atoms with Crippen molar-refractivity contribution in [3.63, 3.8) is 0 Å². The molecule has 1 saturated heterocycles. The van der Waals surface area contributed by atoms with E-state index in [0.29, 0.717) is 5.92 Å². The van der Waals surface area contributed by atoms with Crippen LogP contribution in [0.25, 0.3) is 0 Å². The number of rotatable bonds is 6. The third-order valence-electron chi connectivity index (χ3n) is 5.92. The molecular formula is C24H30N2O. The van der Waals surface area contributed by atoms with Crippen LogP contribution in [-0.4, -0.2) is 30.4 Å². The van der Waals surface area contributed by atoms with Crippen molar-refractivity contribution in [2.24, 2.45) is 11.8 Å². The summed E-state index contributed by atoms with van der Waals surface area (Å²) in [5.74, 6) is 1.47. The first-order chi connectivity index (χ1) is 13.2. The molecule has 1 saturated carbocycles. The lowest BCUT2D eigenvalue weighted by Gasteiger charge is -2.37. The molecule has 0 radical (unpaired) electrons. The number of carbonyl (C=O) groups excluding carboxylic acids is 1. The lowest BCUT2D eigenvalue weighted by molar-refractivity contribution is -0.127. The molecule has 3 heteroatoms. The van der Waals surface area contributed by atoms with Gasteiger partial charge in [-0.05, 0) is 49.1 Å². The number of nitrogens with zero attached hydrogens (tertiary/aromatic N) is 1. The van der Waals surface area contributed by atoms with Crippen LogP contribution in [0.2, 0.25) is 0 Å². The van der Waals surface area contributed by atoms with Gasteiger partial charge in [0.25, 0.3) is 0 Å². The molecule has 1 aliphatic heterocycles. The molecule has 1 heterocycles. The summed E-state index contributed by atoms with van der Waals surface area (Å²) in [5.41, 5.74) is 3.98. The molecule has 2 aliphatic rings. The first-order valence-corrected chi connectivity index (χ1v) is 10.3. The number of likely N-dealkylation sites (tertiary alicyclic amines) is 1. The first kappa shape index (κ1) is 18.2. The van der Waals surface area contributed by atoms with Gasteiger partial charge < -0.3 is 5.32 Å².